The number of hydrogen-bond donors (Lipinski definition) is 4. The topological polar surface area (TPSA) is 117 Å². The molecule has 0 bridgehead atoms. The van der Waals surface area contributed by atoms with E-state index >= 15 is 0 Å². The summed E-state index contributed by atoms with van der Waals surface area (Å²) in [4.78, 5) is 0. The third-order valence-corrected chi connectivity index (χ3v) is 0.854. The molecule has 0 aromatic rings. The molecule has 0 aromatic carbocycles. The number of nitrogens with one attached hydrogen (secondary N) is 1. The Morgan fingerprint density at radius 3 is 1.31 bits per heavy atom. The van der Waals surface area contributed by atoms with Crippen molar-refractivity contribution in [3.8, 4) is 0 Å². The van der Waals surface area contributed by atoms with Crippen LogP contribution in [0.5, 0.6) is 0 Å². The van der Waals surface area contributed by atoms with Crippen LogP contribution in [-0.2, 0) is 16.5 Å². The van der Waals surface area contributed by atoms with E-state index in [1.165, 1.54) is 25.9 Å². The molecular formula is C6H24Cl2N4Pt. The van der Waals surface area contributed by atoms with Crippen LogP contribution in [0.2, 0.25) is 0 Å². The van der Waals surface area contributed by atoms with Gasteiger partial charge in [-0.1, -0.05) is 13.8 Å². The summed E-state index contributed by atoms with van der Waals surface area (Å²) in [6.07, 6.45) is 2.50. The summed E-state index contributed by atoms with van der Waals surface area (Å²) in [5, 5.41) is 3.28. The second-order valence-corrected chi connectivity index (χ2v) is 5.08. The van der Waals surface area contributed by atoms with Crippen molar-refractivity contribution in [2.24, 2.45) is 0 Å². The summed E-state index contributed by atoms with van der Waals surface area (Å²) in [6, 6.07) is 0. The summed E-state index contributed by atoms with van der Waals surface area (Å²) < 4.78 is 0. The van der Waals surface area contributed by atoms with E-state index in [0.717, 1.165) is 0 Å². The third kappa shape index (κ3) is 62.0. The van der Waals surface area contributed by atoms with Gasteiger partial charge in [0.05, 0.1) is 0 Å². The predicted octanol–water partition coefficient (Wildman–Crippen LogP) is 3.26. The first-order valence-electron chi connectivity index (χ1n) is 3.36. The fourth-order valence-electron chi connectivity index (χ4n) is 0.479. The van der Waals surface area contributed by atoms with Crippen LogP contribution in [0.4, 0.5) is 0 Å². The van der Waals surface area contributed by atoms with Gasteiger partial charge in [-0.05, 0) is 25.9 Å². The maximum atomic E-state index is 4.88. The van der Waals surface area contributed by atoms with Gasteiger partial charge in [-0.25, -0.2) is 0 Å². The first-order valence-corrected chi connectivity index (χ1v) is 8.99. The zero-order valence-corrected chi connectivity index (χ0v) is 12.3. The van der Waals surface area contributed by atoms with Crippen LogP contribution in [0, 0.1) is 0 Å². The number of hydrogen-bond acceptors (Lipinski definition) is 4. The molecule has 0 aliphatic rings. The summed E-state index contributed by atoms with van der Waals surface area (Å²) in [5.41, 5.74) is 0. The quantitative estimate of drug-likeness (QED) is 0.525. The van der Waals surface area contributed by atoms with Gasteiger partial charge in [0.2, 0.25) is 0 Å². The Morgan fingerprint density at radius 2 is 1.15 bits per heavy atom. The minimum absolute atomic E-state index is 0. The molecule has 0 heterocycles. The van der Waals surface area contributed by atoms with E-state index in [0.29, 0.717) is 0 Å². The molecule has 4 nitrogen and oxygen atoms in total. The second-order valence-electron chi connectivity index (χ2n) is 1.80. The van der Waals surface area contributed by atoms with E-state index in [1.54, 1.807) is 0 Å². The van der Waals surface area contributed by atoms with Crippen molar-refractivity contribution in [1.29, 1.82) is 0 Å². The standard InChI is InChI=1S/C6H15N.2ClH.3H3N.Pt/c1-3-5-7-6-4-2;;;;;;/h7H,3-6H2,1-2H3;2*1H;3*1H3;/q;;;;;;+2/p-2. The Kier molecular flexibility index (Phi) is 85.5. The molecule has 0 unspecified atom stereocenters. The molecule has 0 saturated carbocycles. The average molecular weight is 418 g/mol. The zero-order valence-electron chi connectivity index (χ0n) is 8.52. The Labute approximate surface area is 98.7 Å². The Morgan fingerprint density at radius 1 is 0.923 bits per heavy atom. The Bertz CT molecular complexity index is 49.6. The molecule has 0 aliphatic carbocycles. The van der Waals surface area contributed by atoms with Crippen LogP contribution in [0.25, 0.3) is 0 Å². The average Bonchev–Trinajstić information content (AvgIpc) is 1.91. The Balaban J connectivity index is -0.0000000320. The van der Waals surface area contributed by atoms with Gasteiger partial charge >= 0.3 is 35.3 Å². The minimum atomic E-state index is -0.472. The van der Waals surface area contributed by atoms with Gasteiger partial charge in [-0.15, -0.1) is 0 Å². The van der Waals surface area contributed by atoms with E-state index < -0.39 is 16.5 Å². The van der Waals surface area contributed by atoms with E-state index in [2.05, 4.69) is 19.2 Å². The van der Waals surface area contributed by atoms with E-state index in [1.807, 2.05) is 0 Å². The zero-order chi connectivity index (χ0) is 8.24. The van der Waals surface area contributed by atoms with Crippen LogP contribution in [-0.4, -0.2) is 13.1 Å². The van der Waals surface area contributed by atoms with E-state index in [-0.39, 0.29) is 18.5 Å². The van der Waals surface area contributed by atoms with Crippen LogP contribution in [0.1, 0.15) is 26.7 Å². The van der Waals surface area contributed by atoms with Crippen molar-refractivity contribution in [2.45, 2.75) is 26.7 Å². The predicted molar refractivity (Wildman–Crippen MR) is 60.2 cm³/mol. The molecule has 0 atom stereocenters. The van der Waals surface area contributed by atoms with Crippen molar-refractivity contribution in [3.63, 3.8) is 0 Å². The fourth-order valence-corrected chi connectivity index (χ4v) is 0.479. The molecule has 0 rings (SSSR count). The third-order valence-electron chi connectivity index (χ3n) is 0.854. The van der Waals surface area contributed by atoms with Crippen molar-refractivity contribution in [3.05, 3.63) is 0 Å². The maximum absolute atomic E-state index is 4.88. The SMILES string of the molecule is CCCNCCC.N.N.N.[Cl][Pt][Cl]. The van der Waals surface area contributed by atoms with Crippen molar-refractivity contribution in [2.75, 3.05) is 13.1 Å². The summed E-state index contributed by atoms with van der Waals surface area (Å²) >= 11 is -0.472. The number of rotatable bonds is 4. The van der Waals surface area contributed by atoms with Crippen molar-refractivity contribution in [1.82, 2.24) is 23.8 Å². The normalized spacial score (nSPS) is 6.77. The summed E-state index contributed by atoms with van der Waals surface area (Å²) in [7, 11) is 9.75. The van der Waals surface area contributed by atoms with Gasteiger partial charge in [0.1, 0.15) is 0 Å². The van der Waals surface area contributed by atoms with Gasteiger partial charge in [0.25, 0.3) is 0 Å². The first-order chi connectivity index (χ1) is 4.83. The molecule has 0 fully saturated rings. The van der Waals surface area contributed by atoms with Crippen LogP contribution >= 0.6 is 18.8 Å². The van der Waals surface area contributed by atoms with Gasteiger partial charge in [0, 0.05) is 0 Å². The number of halogens is 2. The molecule has 10 N–H and O–H groups in total. The van der Waals surface area contributed by atoms with E-state index in [9.17, 15) is 0 Å². The molecule has 7 heteroatoms. The monoisotopic (exact) mass is 417 g/mol. The van der Waals surface area contributed by atoms with Gasteiger partial charge in [-0.2, -0.15) is 0 Å². The molecule has 0 aliphatic heterocycles. The molecule has 0 radical (unpaired) electrons. The Hall–Kier alpha value is 1.11. The molecule has 0 spiro atoms. The van der Waals surface area contributed by atoms with Gasteiger partial charge in [-0.3, -0.25) is 0 Å². The van der Waals surface area contributed by atoms with E-state index in [4.69, 9.17) is 18.8 Å². The molecule has 92 valence electrons. The summed E-state index contributed by atoms with van der Waals surface area (Å²) in [6.45, 7) is 6.72. The van der Waals surface area contributed by atoms with Crippen LogP contribution in [0.15, 0.2) is 0 Å². The van der Waals surface area contributed by atoms with Crippen molar-refractivity contribution >= 4 is 18.8 Å². The first kappa shape index (κ1) is 29.2. The molecule has 13 heavy (non-hydrogen) atoms. The van der Waals surface area contributed by atoms with Crippen LogP contribution < -0.4 is 23.8 Å². The van der Waals surface area contributed by atoms with Gasteiger partial charge in [0.15, 0.2) is 0 Å². The molecule has 0 aromatic heterocycles. The summed E-state index contributed by atoms with van der Waals surface area (Å²) in [5.74, 6) is 0. The molecular weight excluding hydrogens is 394 g/mol. The van der Waals surface area contributed by atoms with Crippen LogP contribution in [0.3, 0.4) is 0 Å². The van der Waals surface area contributed by atoms with Crippen molar-refractivity contribution < 1.29 is 16.5 Å². The molecule has 0 saturated heterocycles. The van der Waals surface area contributed by atoms with Gasteiger partial charge < -0.3 is 23.8 Å². The second kappa shape index (κ2) is 38.0. The fraction of sp³-hybridized carbons (Fsp3) is 1.00. The molecule has 0 amide bonds.